The molecular weight excluding hydrogens is 212 g/mol. The SMILES string of the molecule is C/C=C(/C=C/Br)CC#CCCC. The molecular formula is C11H15Br. The van der Waals surface area contributed by atoms with Crippen molar-refractivity contribution in [2.24, 2.45) is 0 Å². The third-order valence-electron chi connectivity index (χ3n) is 1.44. The van der Waals surface area contributed by atoms with Gasteiger partial charge < -0.3 is 0 Å². The second-order valence-corrected chi connectivity index (χ2v) is 2.97. The van der Waals surface area contributed by atoms with Crippen LogP contribution >= 0.6 is 15.9 Å². The summed E-state index contributed by atoms with van der Waals surface area (Å²) in [6.45, 7) is 4.17. The Bertz CT molecular complexity index is 213. The molecule has 0 saturated carbocycles. The predicted molar refractivity (Wildman–Crippen MR) is 59.1 cm³/mol. The summed E-state index contributed by atoms with van der Waals surface area (Å²) in [5.74, 6) is 6.25. The Morgan fingerprint density at radius 2 is 2.17 bits per heavy atom. The van der Waals surface area contributed by atoms with Gasteiger partial charge in [0, 0.05) is 12.8 Å². The van der Waals surface area contributed by atoms with E-state index in [0.29, 0.717) is 0 Å². The van der Waals surface area contributed by atoms with Crippen LogP contribution in [0.15, 0.2) is 22.7 Å². The van der Waals surface area contributed by atoms with Gasteiger partial charge in [0.15, 0.2) is 0 Å². The standard InChI is InChI=1S/C11H15Br/c1-3-5-6-7-8-11(4-2)9-10-12/h4,9-10H,3,5,8H2,1-2H3/b10-9+,11-4+. The van der Waals surface area contributed by atoms with E-state index in [0.717, 1.165) is 19.3 Å². The molecule has 0 radical (unpaired) electrons. The van der Waals surface area contributed by atoms with E-state index in [1.165, 1.54) is 5.57 Å². The summed E-state index contributed by atoms with van der Waals surface area (Å²) in [5, 5.41) is 0. The van der Waals surface area contributed by atoms with Crippen molar-refractivity contribution >= 4 is 15.9 Å². The summed E-state index contributed by atoms with van der Waals surface area (Å²) in [4.78, 5) is 1.86. The normalized spacial score (nSPS) is 11.4. The quantitative estimate of drug-likeness (QED) is 0.504. The van der Waals surface area contributed by atoms with Crippen molar-refractivity contribution in [1.29, 1.82) is 0 Å². The summed E-state index contributed by atoms with van der Waals surface area (Å²) in [6.07, 6.45) is 7.12. The lowest BCUT2D eigenvalue weighted by atomic mass is 10.2. The third kappa shape index (κ3) is 6.24. The van der Waals surface area contributed by atoms with Crippen molar-refractivity contribution in [1.82, 2.24) is 0 Å². The van der Waals surface area contributed by atoms with Crippen molar-refractivity contribution < 1.29 is 0 Å². The van der Waals surface area contributed by atoms with E-state index >= 15 is 0 Å². The molecule has 0 N–H and O–H groups in total. The Balaban J connectivity index is 3.84. The molecule has 0 aromatic heterocycles. The second-order valence-electron chi connectivity index (χ2n) is 2.44. The van der Waals surface area contributed by atoms with Crippen molar-refractivity contribution in [2.45, 2.75) is 33.1 Å². The summed E-state index contributed by atoms with van der Waals surface area (Å²) in [5.41, 5.74) is 1.26. The molecule has 0 bridgehead atoms. The predicted octanol–water partition coefficient (Wildman–Crippen LogP) is 4.03. The fourth-order valence-corrected chi connectivity index (χ4v) is 1.06. The van der Waals surface area contributed by atoms with Crippen molar-refractivity contribution in [3.05, 3.63) is 22.7 Å². The molecule has 1 heteroatoms. The minimum Gasteiger partial charge on any atom is -0.103 e. The topological polar surface area (TPSA) is 0 Å². The van der Waals surface area contributed by atoms with E-state index in [2.05, 4.69) is 40.8 Å². The fraction of sp³-hybridized carbons (Fsp3) is 0.455. The third-order valence-corrected chi connectivity index (χ3v) is 1.70. The largest absolute Gasteiger partial charge is 0.103 e. The van der Waals surface area contributed by atoms with Gasteiger partial charge in [-0.2, -0.15) is 0 Å². The van der Waals surface area contributed by atoms with E-state index in [1.807, 2.05) is 18.0 Å². The Morgan fingerprint density at radius 3 is 2.67 bits per heavy atom. The summed E-state index contributed by atoms with van der Waals surface area (Å²) >= 11 is 3.24. The summed E-state index contributed by atoms with van der Waals surface area (Å²) in [6, 6.07) is 0. The molecule has 0 aromatic rings. The second kappa shape index (κ2) is 8.62. The lowest BCUT2D eigenvalue weighted by Gasteiger charge is -1.90. The zero-order valence-corrected chi connectivity index (χ0v) is 9.32. The van der Waals surface area contributed by atoms with Crippen LogP contribution < -0.4 is 0 Å². The maximum Gasteiger partial charge on any atom is 0.0337 e. The molecule has 0 aromatic carbocycles. The fourth-order valence-electron chi connectivity index (χ4n) is 0.716. The van der Waals surface area contributed by atoms with E-state index in [9.17, 15) is 0 Å². The van der Waals surface area contributed by atoms with Crippen LogP contribution in [0.3, 0.4) is 0 Å². The van der Waals surface area contributed by atoms with Crippen LogP contribution in [-0.4, -0.2) is 0 Å². The van der Waals surface area contributed by atoms with Gasteiger partial charge in [0.25, 0.3) is 0 Å². The van der Waals surface area contributed by atoms with Crippen LogP contribution in [0.25, 0.3) is 0 Å². The zero-order valence-electron chi connectivity index (χ0n) is 7.73. The first-order valence-electron chi connectivity index (χ1n) is 4.22. The van der Waals surface area contributed by atoms with Crippen molar-refractivity contribution in [3.8, 4) is 11.8 Å². The molecule has 0 saturated heterocycles. The molecule has 0 fully saturated rings. The van der Waals surface area contributed by atoms with E-state index < -0.39 is 0 Å². The van der Waals surface area contributed by atoms with Gasteiger partial charge in [0.05, 0.1) is 0 Å². The van der Waals surface area contributed by atoms with E-state index in [1.54, 1.807) is 0 Å². The average Bonchev–Trinajstić information content (AvgIpc) is 2.10. The van der Waals surface area contributed by atoms with Crippen LogP contribution in [0.4, 0.5) is 0 Å². The van der Waals surface area contributed by atoms with E-state index in [-0.39, 0.29) is 0 Å². The van der Waals surface area contributed by atoms with Gasteiger partial charge in [0.1, 0.15) is 0 Å². The molecule has 0 nitrogen and oxygen atoms in total. The highest BCUT2D eigenvalue weighted by Crippen LogP contribution is 2.03. The number of hydrogen-bond acceptors (Lipinski definition) is 0. The van der Waals surface area contributed by atoms with Crippen LogP contribution in [-0.2, 0) is 0 Å². The number of rotatable bonds is 3. The minimum absolute atomic E-state index is 0.860. The van der Waals surface area contributed by atoms with Crippen LogP contribution in [0.2, 0.25) is 0 Å². The average molecular weight is 227 g/mol. The van der Waals surface area contributed by atoms with Crippen LogP contribution in [0.1, 0.15) is 33.1 Å². The highest BCUT2D eigenvalue weighted by atomic mass is 79.9. The van der Waals surface area contributed by atoms with Crippen molar-refractivity contribution in [2.75, 3.05) is 0 Å². The number of halogens is 1. The van der Waals surface area contributed by atoms with Crippen LogP contribution in [0, 0.1) is 11.8 Å². The molecule has 0 aliphatic carbocycles. The van der Waals surface area contributed by atoms with Crippen LogP contribution in [0.5, 0.6) is 0 Å². The Morgan fingerprint density at radius 1 is 1.42 bits per heavy atom. The van der Waals surface area contributed by atoms with Gasteiger partial charge in [-0.05, 0) is 23.9 Å². The smallest absolute Gasteiger partial charge is 0.0337 e. The molecule has 0 rings (SSSR count). The Hall–Kier alpha value is -0.480. The first-order valence-corrected chi connectivity index (χ1v) is 5.14. The lowest BCUT2D eigenvalue weighted by molar-refractivity contribution is 0.981. The van der Waals surface area contributed by atoms with Crippen molar-refractivity contribution in [3.63, 3.8) is 0 Å². The number of unbranched alkanes of at least 4 members (excludes halogenated alkanes) is 1. The minimum atomic E-state index is 0.860. The van der Waals surface area contributed by atoms with Gasteiger partial charge >= 0.3 is 0 Å². The molecule has 66 valence electrons. The summed E-state index contributed by atoms with van der Waals surface area (Å²) < 4.78 is 0. The Labute approximate surface area is 83.9 Å². The zero-order chi connectivity index (χ0) is 9.23. The molecule has 0 heterocycles. The highest BCUT2D eigenvalue weighted by Gasteiger charge is 1.84. The van der Waals surface area contributed by atoms with Gasteiger partial charge in [-0.3, -0.25) is 0 Å². The first-order chi connectivity index (χ1) is 5.85. The van der Waals surface area contributed by atoms with Gasteiger partial charge in [-0.25, -0.2) is 0 Å². The van der Waals surface area contributed by atoms with Gasteiger partial charge in [-0.1, -0.05) is 40.9 Å². The molecule has 0 amide bonds. The lowest BCUT2D eigenvalue weighted by Crippen LogP contribution is -1.73. The molecule has 0 aliphatic rings. The molecule has 0 atom stereocenters. The Kier molecular flexibility index (Phi) is 8.27. The molecule has 0 spiro atoms. The maximum absolute atomic E-state index is 3.24. The molecule has 0 unspecified atom stereocenters. The maximum atomic E-state index is 3.24. The molecule has 0 aliphatic heterocycles. The molecule has 12 heavy (non-hydrogen) atoms. The summed E-state index contributed by atoms with van der Waals surface area (Å²) in [7, 11) is 0. The highest BCUT2D eigenvalue weighted by molar-refractivity contribution is 9.11. The van der Waals surface area contributed by atoms with E-state index in [4.69, 9.17) is 0 Å². The van der Waals surface area contributed by atoms with Gasteiger partial charge in [-0.15, -0.1) is 5.92 Å². The number of hydrogen-bond donors (Lipinski definition) is 0. The number of allylic oxidation sites excluding steroid dienone is 3. The monoisotopic (exact) mass is 226 g/mol. The first kappa shape index (κ1) is 11.5. The van der Waals surface area contributed by atoms with Gasteiger partial charge in [0.2, 0.25) is 0 Å².